The first-order valence-electron chi connectivity index (χ1n) is 11.2. The molecule has 2 saturated heterocycles. The Labute approximate surface area is 191 Å². The van der Waals surface area contributed by atoms with Crippen LogP contribution >= 0.6 is 0 Å². The van der Waals surface area contributed by atoms with E-state index in [0.717, 1.165) is 30.8 Å². The fraction of sp³-hybridized carbons (Fsp3) is 0.435. The third-order valence-corrected chi connectivity index (χ3v) is 5.93. The number of carbonyl (C=O) groups is 2. The van der Waals surface area contributed by atoms with E-state index in [-0.39, 0.29) is 30.2 Å². The number of aromatic nitrogens is 1. The number of benzene rings is 1. The van der Waals surface area contributed by atoms with E-state index in [1.807, 2.05) is 18.2 Å². The van der Waals surface area contributed by atoms with Crippen LogP contribution in [0.3, 0.4) is 0 Å². The van der Waals surface area contributed by atoms with Gasteiger partial charge in [0.15, 0.2) is 11.6 Å². The van der Waals surface area contributed by atoms with E-state index in [4.69, 9.17) is 0 Å². The second-order valence-corrected chi connectivity index (χ2v) is 8.17. The number of carbonyl (C=O) groups excluding carboxylic acids is 2. The smallest absolute Gasteiger partial charge is 0.319 e. The number of anilines is 3. The van der Waals surface area contributed by atoms with E-state index in [2.05, 4.69) is 20.5 Å². The molecule has 0 saturated carbocycles. The van der Waals surface area contributed by atoms with Gasteiger partial charge in [-0.15, -0.1) is 0 Å². The summed E-state index contributed by atoms with van der Waals surface area (Å²) >= 11 is 0. The summed E-state index contributed by atoms with van der Waals surface area (Å²) in [7, 11) is 0. The van der Waals surface area contributed by atoms with Crippen LogP contribution < -0.4 is 20.4 Å². The predicted molar refractivity (Wildman–Crippen MR) is 122 cm³/mol. The minimum absolute atomic E-state index is 0.0300. The van der Waals surface area contributed by atoms with Crippen molar-refractivity contribution < 1.29 is 18.4 Å². The van der Waals surface area contributed by atoms with Crippen molar-refractivity contribution in [2.45, 2.75) is 19.3 Å². The molecule has 2 aliphatic heterocycles. The summed E-state index contributed by atoms with van der Waals surface area (Å²) in [6.45, 7) is 3.93. The maximum Gasteiger partial charge on any atom is 0.319 e. The number of nitrogens with one attached hydrogen (secondary N) is 2. The molecule has 0 aliphatic carbocycles. The number of rotatable bonds is 6. The minimum atomic E-state index is -0.702. The number of nitrogens with zero attached hydrogens (tertiary/aromatic N) is 4. The lowest BCUT2D eigenvalue weighted by Gasteiger charge is -2.35. The Morgan fingerprint density at radius 2 is 1.64 bits per heavy atom. The number of pyridine rings is 1. The Balaban J connectivity index is 1.20. The van der Waals surface area contributed by atoms with Gasteiger partial charge in [0.25, 0.3) is 0 Å². The molecule has 2 fully saturated rings. The maximum atomic E-state index is 14.4. The van der Waals surface area contributed by atoms with Crippen LogP contribution in [0.1, 0.15) is 19.3 Å². The van der Waals surface area contributed by atoms with Gasteiger partial charge in [0.05, 0.1) is 0 Å². The summed E-state index contributed by atoms with van der Waals surface area (Å²) < 4.78 is 28.8. The summed E-state index contributed by atoms with van der Waals surface area (Å²) in [4.78, 5) is 34.5. The Hall–Kier alpha value is -3.43. The summed E-state index contributed by atoms with van der Waals surface area (Å²) in [6, 6.07) is 7.35. The van der Waals surface area contributed by atoms with Crippen LogP contribution in [0.4, 0.5) is 30.8 Å². The number of piperazine rings is 1. The molecular formula is C23H28F2N6O2. The summed E-state index contributed by atoms with van der Waals surface area (Å²) in [5, 5.41) is 5.00. The first kappa shape index (κ1) is 22.8. The highest BCUT2D eigenvalue weighted by Crippen LogP contribution is 2.29. The van der Waals surface area contributed by atoms with Gasteiger partial charge < -0.3 is 25.3 Å². The lowest BCUT2D eigenvalue weighted by molar-refractivity contribution is -0.131. The van der Waals surface area contributed by atoms with Crippen molar-refractivity contribution >= 4 is 29.1 Å². The van der Waals surface area contributed by atoms with Crippen LogP contribution in [0.5, 0.6) is 0 Å². The van der Waals surface area contributed by atoms with Crippen LogP contribution in [-0.4, -0.2) is 67.6 Å². The van der Waals surface area contributed by atoms with Gasteiger partial charge in [0.1, 0.15) is 11.5 Å². The number of urea groups is 1. The van der Waals surface area contributed by atoms with Crippen molar-refractivity contribution in [2.75, 3.05) is 60.9 Å². The number of hydrogen-bond acceptors (Lipinski definition) is 5. The van der Waals surface area contributed by atoms with Gasteiger partial charge in [-0.05, 0) is 37.1 Å². The Morgan fingerprint density at radius 3 is 2.27 bits per heavy atom. The normalized spacial score (nSPS) is 16.1. The van der Waals surface area contributed by atoms with Crippen LogP contribution in [0, 0.1) is 11.6 Å². The van der Waals surface area contributed by atoms with Gasteiger partial charge in [-0.2, -0.15) is 0 Å². The molecule has 3 heterocycles. The zero-order valence-corrected chi connectivity index (χ0v) is 18.4. The van der Waals surface area contributed by atoms with E-state index in [0.29, 0.717) is 39.3 Å². The Morgan fingerprint density at radius 1 is 0.939 bits per heavy atom. The molecule has 1 aromatic heterocycles. The van der Waals surface area contributed by atoms with Crippen molar-refractivity contribution in [1.29, 1.82) is 0 Å². The van der Waals surface area contributed by atoms with E-state index in [9.17, 15) is 18.4 Å². The molecule has 33 heavy (non-hydrogen) atoms. The highest BCUT2D eigenvalue weighted by Gasteiger charge is 2.23. The largest absolute Gasteiger partial charge is 0.367 e. The van der Waals surface area contributed by atoms with Crippen molar-refractivity contribution in [3.63, 3.8) is 0 Å². The van der Waals surface area contributed by atoms with E-state index >= 15 is 0 Å². The van der Waals surface area contributed by atoms with Crippen molar-refractivity contribution in [3.8, 4) is 0 Å². The van der Waals surface area contributed by atoms with E-state index in [1.165, 1.54) is 0 Å². The molecule has 1 aromatic carbocycles. The fourth-order valence-corrected chi connectivity index (χ4v) is 4.22. The highest BCUT2D eigenvalue weighted by atomic mass is 19.1. The average Bonchev–Trinajstić information content (AvgIpc) is 3.33. The van der Waals surface area contributed by atoms with Crippen LogP contribution in [0.2, 0.25) is 0 Å². The number of halogens is 2. The van der Waals surface area contributed by atoms with Crippen LogP contribution in [-0.2, 0) is 4.79 Å². The van der Waals surface area contributed by atoms with Crippen molar-refractivity contribution in [2.24, 2.45) is 0 Å². The monoisotopic (exact) mass is 458 g/mol. The zero-order valence-electron chi connectivity index (χ0n) is 18.4. The van der Waals surface area contributed by atoms with Crippen LogP contribution in [0.25, 0.3) is 0 Å². The van der Waals surface area contributed by atoms with Crippen LogP contribution in [0.15, 0.2) is 36.5 Å². The SMILES string of the molecule is O=C(NCCC(=O)N1CCN(c2ccccn2)CC1)Nc1cc(F)c(N2CCCC2)c(F)c1. The molecule has 2 N–H and O–H groups in total. The van der Waals surface area contributed by atoms with E-state index in [1.54, 1.807) is 16.0 Å². The lowest BCUT2D eigenvalue weighted by Crippen LogP contribution is -2.49. The molecule has 2 aliphatic rings. The molecule has 0 bridgehead atoms. The van der Waals surface area contributed by atoms with Crippen molar-refractivity contribution in [3.05, 3.63) is 48.2 Å². The maximum absolute atomic E-state index is 14.4. The molecule has 176 valence electrons. The van der Waals surface area contributed by atoms with E-state index < -0.39 is 17.7 Å². The molecule has 2 aromatic rings. The molecule has 0 atom stereocenters. The summed E-state index contributed by atoms with van der Waals surface area (Å²) in [5.41, 5.74) is -0.0189. The molecule has 3 amide bonds. The topological polar surface area (TPSA) is 80.8 Å². The second-order valence-electron chi connectivity index (χ2n) is 8.17. The zero-order chi connectivity index (χ0) is 23.2. The molecular weight excluding hydrogens is 430 g/mol. The molecule has 4 rings (SSSR count). The first-order valence-corrected chi connectivity index (χ1v) is 11.2. The minimum Gasteiger partial charge on any atom is -0.367 e. The molecule has 0 unspecified atom stereocenters. The standard InChI is InChI=1S/C23H28F2N6O2/c24-18-15-17(16-19(25)22(18)31-9-3-4-10-31)28-23(33)27-8-6-21(32)30-13-11-29(12-14-30)20-5-1-2-7-26-20/h1-2,5,7,15-16H,3-4,6,8-14H2,(H2,27,28,33). The van der Waals surface area contributed by atoms with Gasteiger partial charge in [-0.1, -0.05) is 6.07 Å². The molecule has 10 heteroatoms. The first-order chi connectivity index (χ1) is 16.0. The Bertz CT molecular complexity index is 953. The third kappa shape index (κ3) is 5.68. The Kier molecular flexibility index (Phi) is 7.21. The third-order valence-electron chi connectivity index (χ3n) is 5.93. The van der Waals surface area contributed by atoms with Crippen molar-refractivity contribution in [1.82, 2.24) is 15.2 Å². The number of hydrogen-bond donors (Lipinski definition) is 2. The van der Waals surface area contributed by atoms with Gasteiger partial charge in [0, 0.05) is 64.1 Å². The summed E-state index contributed by atoms with van der Waals surface area (Å²) in [5.74, 6) is -0.563. The fourth-order valence-electron chi connectivity index (χ4n) is 4.22. The number of amides is 3. The average molecular weight is 459 g/mol. The summed E-state index contributed by atoms with van der Waals surface area (Å²) in [6.07, 6.45) is 3.70. The molecule has 0 radical (unpaired) electrons. The van der Waals surface area contributed by atoms with Gasteiger partial charge in [-0.3, -0.25) is 4.79 Å². The van der Waals surface area contributed by atoms with Gasteiger partial charge >= 0.3 is 6.03 Å². The predicted octanol–water partition coefficient (Wildman–Crippen LogP) is 2.82. The van der Waals surface area contributed by atoms with Gasteiger partial charge in [0.2, 0.25) is 5.91 Å². The second kappa shape index (κ2) is 10.5. The van der Waals surface area contributed by atoms with Gasteiger partial charge in [-0.25, -0.2) is 18.6 Å². The molecule has 8 nitrogen and oxygen atoms in total. The molecule has 0 spiro atoms. The highest BCUT2D eigenvalue weighted by molar-refractivity contribution is 5.90. The quantitative estimate of drug-likeness (QED) is 0.696. The lowest BCUT2D eigenvalue weighted by atomic mass is 10.2.